The van der Waals surface area contributed by atoms with Crippen molar-refractivity contribution in [1.29, 1.82) is 0 Å². The normalized spacial score (nSPS) is 15.6. The van der Waals surface area contributed by atoms with E-state index in [-0.39, 0.29) is 0 Å². The molecule has 0 spiro atoms. The highest BCUT2D eigenvalue weighted by molar-refractivity contribution is 6.01. The molecule has 1 aliphatic carbocycles. The summed E-state index contributed by atoms with van der Waals surface area (Å²) in [6, 6.07) is 8.70. The number of aromatic amines is 2. The smallest absolute Gasteiger partial charge is 0.132 e. The van der Waals surface area contributed by atoms with Crippen LogP contribution in [-0.2, 0) is 11.3 Å². The molecule has 0 unspecified atom stereocenters. The van der Waals surface area contributed by atoms with Gasteiger partial charge in [0.1, 0.15) is 17.4 Å². The van der Waals surface area contributed by atoms with E-state index in [1.807, 2.05) is 33.0 Å². The number of aryl methyl sites for hydroxylation is 1. The predicted octanol–water partition coefficient (Wildman–Crippen LogP) is 4.84. The Kier molecular flexibility index (Phi) is 8.82. The lowest BCUT2D eigenvalue weighted by atomic mass is 9.88. The van der Waals surface area contributed by atoms with E-state index in [9.17, 15) is 4.79 Å². The summed E-state index contributed by atoms with van der Waals surface area (Å²) in [5.41, 5.74) is 11.1. The number of amidine groups is 1. The number of H-pyrrole nitrogens is 2. The number of hydrogen-bond donors (Lipinski definition) is 3. The number of ketones is 1. The highest BCUT2D eigenvalue weighted by Crippen LogP contribution is 2.27. The molecule has 0 amide bonds. The summed E-state index contributed by atoms with van der Waals surface area (Å²) >= 11 is 0. The van der Waals surface area contributed by atoms with Gasteiger partial charge >= 0.3 is 0 Å². The molecule has 3 aromatic rings. The largest absolute Gasteiger partial charge is 0.384 e. The molecule has 0 saturated heterocycles. The van der Waals surface area contributed by atoms with E-state index in [0.29, 0.717) is 17.5 Å². The number of aliphatic imine (C=N–C) groups is 1. The molecule has 1 aliphatic rings. The molecule has 182 valence electrons. The average Bonchev–Trinajstić information content (AvgIpc) is 3.45. The molecule has 4 rings (SSSR count). The van der Waals surface area contributed by atoms with Crippen LogP contribution in [0, 0.1) is 12.8 Å². The van der Waals surface area contributed by atoms with Crippen LogP contribution in [-0.4, -0.2) is 52.1 Å². The fourth-order valence-corrected chi connectivity index (χ4v) is 4.50. The number of benzene rings is 1. The third-order valence-corrected chi connectivity index (χ3v) is 6.20. The first-order valence-electron chi connectivity index (χ1n) is 12.2. The van der Waals surface area contributed by atoms with Crippen molar-refractivity contribution >= 4 is 28.1 Å². The molecule has 4 N–H and O–H groups in total. The second-order valence-electron chi connectivity index (χ2n) is 8.87. The molecular formula is C27H38N6O. The molecule has 34 heavy (non-hydrogen) atoms. The fraction of sp³-hybridized carbons (Fsp3) is 0.444. The monoisotopic (exact) mass is 462 g/mol. The summed E-state index contributed by atoms with van der Waals surface area (Å²) in [5.74, 6) is 2.35. The van der Waals surface area contributed by atoms with Crippen LogP contribution in [0.15, 0.2) is 41.5 Å². The number of carbonyl (C=O) groups excluding carboxylic acids is 1. The van der Waals surface area contributed by atoms with Crippen molar-refractivity contribution in [3.8, 4) is 0 Å². The number of nitrogens with two attached hydrogens (primary N) is 1. The Morgan fingerprint density at radius 2 is 1.94 bits per heavy atom. The topological polar surface area (TPSA) is 103 Å². The third-order valence-electron chi connectivity index (χ3n) is 6.20. The van der Waals surface area contributed by atoms with Gasteiger partial charge in [0.05, 0.1) is 11.9 Å². The number of nitrogens with one attached hydrogen (secondary N) is 2. The molecule has 7 nitrogen and oxygen atoms in total. The Bertz CT molecular complexity index is 1160. The molecule has 1 saturated carbocycles. The lowest BCUT2D eigenvalue weighted by Crippen LogP contribution is -2.28. The number of imidazole rings is 1. The van der Waals surface area contributed by atoms with Gasteiger partial charge in [-0.3, -0.25) is 9.79 Å². The maximum absolute atomic E-state index is 11.5. The van der Waals surface area contributed by atoms with Gasteiger partial charge in [0, 0.05) is 55.1 Å². The minimum Gasteiger partial charge on any atom is -0.384 e. The van der Waals surface area contributed by atoms with Crippen molar-refractivity contribution in [2.75, 3.05) is 20.6 Å². The van der Waals surface area contributed by atoms with Crippen molar-refractivity contribution in [1.82, 2.24) is 19.9 Å². The first-order valence-corrected chi connectivity index (χ1v) is 12.2. The zero-order valence-corrected chi connectivity index (χ0v) is 21.1. The Morgan fingerprint density at radius 3 is 2.59 bits per heavy atom. The Morgan fingerprint density at radius 1 is 1.21 bits per heavy atom. The number of rotatable bonds is 7. The number of Topliss-reactive ketones (excluding diaryl/α,β-unsaturated/α-hetero) is 1. The van der Waals surface area contributed by atoms with Gasteiger partial charge in [-0.25, -0.2) is 4.98 Å². The molecule has 0 aliphatic heterocycles. The summed E-state index contributed by atoms with van der Waals surface area (Å²) in [4.78, 5) is 29.1. The summed E-state index contributed by atoms with van der Waals surface area (Å²) in [6.45, 7) is 7.85. The van der Waals surface area contributed by atoms with Gasteiger partial charge in [0.2, 0.25) is 0 Å². The lowest BCUT2D eigenvalue weighted by molar-refractivity contribution is -0.121. The van der Waals surface area contributed by atoms with Gasteiger partial charge in [-0.05, 0) is 62.6 Å². The Balaban J connectivity index is 0.00000158. The number of hydrogen-bond acceptors (Lipinski definition) is 4. The maximum Gasteiger partial charge on any atom is 0.132 e. The zero-order valence-electron chi connectivity index (χ0n) is 21.1. The minimum atomic E-state index is 0.420. The zero-order chi connectivity index (χ0) is 24.7. The molecule has 1 fully saturated rings. The quantitative estimate of drug-likeness (QED) is 0.345. The SMILES string of the molecule is CC.CN=C(N)/C=C(\c1cnc(C)[nH]1)c1cc2cc(CN(C)CC3CCC(=O)CC3)ccc2[nH]1. The molecule has 2 heterocycles. The van der Waals surface area contributed by atoms with Gasteiger partial charge in [-0.2, -0.15) is 0 Å². The van der Waals surface area contributed by atoms with Crippen LogP contribution >= 0.6 is 0 Å². The van der Waals surface area contributed by atoms with E-state index < -0.39 is 0 Å². The van der Waals surface area contributed by atoms with Crippen LogP contribution in [0.5, 0.6) is 0 Å². The molecule has 0 bridgehead atoms. The number of fused-ring (bicyclic) bond motifs is 1. The van der Waals surface area contributed by atoms with Crippen LogP contribution in [0.3, 0.4) is 0 Å². The lowest BCUT2D eigenvalue weighted by Gasteiger charge is -2.26. The molecule has 7 heteroatoms. The van der Waals surface area contributed by atoms with E-state index in [1.54, 1.807) is 7.05 Å². The van der Waals surface area contributed by atoms with E-state index in [2.05, 4.69) is 56.2 Å². The Hall–Kier alpha value is -3.19. The van der Waals surface area contributed by atoms with Crippen LogP contribution < -0.4 is 5.73 Å². The van der Waals surface area contributed by atoms with E-state index in [4.69, 9.17) is 5.73 Å². The Labute approximate surface area is 202 Å². The predicted molar refractivity (Wildman–Crippen MR) is 141 cm³/mol. The first-order chi connectivity index (χ1) is 16.4. The highest BCUT2D eigenvalue weighted by atomic mass is 16.1. The average molecular weight is 463 g/mol. The van der Waals surface area contributed by atoms with Gasteiger partial charge in [0.25, 0.3) is 0 Å². The first kappa shape index (κ1) is 25.4. The van der Waals surface area contributed by atoms with Crippen molar-refractivity contribution in [2.45, 2.75) is 53.0 Å². The highest BCUT2D eigenvalue weighted by Gasteiger charge is 2.20. The number of nitrogens with zero attached hydrogens (tertiary/aromatic N) is 3. The van der Waals surface area contributed by atoms with Crippen LogP contribution in [0.1, 0.15) is 62.3 Å². The summed E-state index contributed by atoms with van der Waals surface area (Å²) in [7, 11) is 3.85. The number of carbonyl (C=O) groups is 1. The van der Waals surface area contributed by atoms with Crippen molar-refractivity contribution in [3.05, 3.63) is 59.3 Å². The standard InChI is InChI=1S/C25H32N6O.C2H6/c1-16-28-13-24(29-16)21(12-25(26)27-2)23-11-19-10-18(6-9-22(19)30-23)15-31(3)14-17-4-7-20(32)8-5-17;1-2/h6,9-13,17,30H,4-5,7-8,14-15H2,1-3H3,(H2,26,27)(H,28,29);1-2H3/b21-12-;. The minimum absolute atomic E-state index is 0.420. The van der Waals surface area contributed by atoms with Gasteiger partial charge in [-0.15, -0.1) is 0 Å². The van der Waals surface area contributed by atoms with Crippen LogP contribution in [0.2, 0.25) is 0 Å². The van der Waals surface area contributed by atoms with E-state index >= 15 is 0 Å². The molecule has 2 aromatic heterocycles. The molecule has 0 radical (unpaired) electrons. The summed E-state index contributed by atoms with van der Waals surface area (Å²) < 4.78 is 0. The van der Waals surface area contributed by atoms with Crippen molar-refractivity contribution < 1.29 is 4.79 Å². The van der Waals surface area contributed by atoms with Crippen LogP contribution in [0.25, 0.3) is 16.5 Å². The van der Waals surface area contributed by atoms with Crippen molar-refractivity contribution in [2.24, 2.45) is 16.6 Å². The third kappa shape index (κ3) is 6.44. The van der Waals surface area contributed by atoms with E-state index in [0.717, 1.165) is 72.5 Å². The second-order valence-corrected chi connectivity index (χ2v) is 8.87. The van der Waals surface area contributed by atoms with Gasteiger partial charge in [-0.1, -0.05) is 19.9 Å². The fourth-order valence-electron chi connectivity index (χ4n) is 4.50. The summed E-state index contributed by atoms with van der Waals surface area (Å²) in [6.07, 6.45) is 7.22. The van der Waals surface area contributed by atoms with Crippen LogP contribution in [0.4, 0.5) is 0 Å². The molecule has 0 atom stereocenters. The molecular weight excluding hydrogens is 424 g/mol. The van der Waals surface area contributed by atoms with Gasteiger partial charge < -0.3 is 20.6 Å². The maximum atomic E-state index is 11.5. The van der Waals surface area contributed by atoms with Crippen molar-refractivity contribution in [3.63, 3.8) is 0 Å². The van der Waals surface area contributed by atoms with E-state index in [1.165, 1.54) is 5.56 Å². The number of aromatic nitrogens is 3. The van der Waals surface area contributed by atoms with Gasteiger partial charge in [0.15, 0.2) is 0 Å². The summed E-state index contributed by atoms with van der Waals surface area (Å²) in [5, 5.41) is 1.16. The second kappa shape index (κ2) is 11.8. The molecule has 1 aromatic carbocycles.